The van der Waals surface area contributed by atoms with Crippen molar-refractivity contribution in [2.24, 2.45) is 16.6 Å². The monoisotopic (exact) mass is 432 g/mol. The van der Waals surface area contributed by atoms with Crippen LogP contribution >= 0.6 is 0 Å². The number of para-hydroxylation sites is 1. The lowest BCUT2D eigenvalue weighted by molar-refractivity contribution is 0.123. The molecule has 0 atom stereocenters. The Hall–Kier alpha value is -3.09. The van der Waals surface area contributed by atoms with Gasteiger partial charge in [-0.3, -0.25) is 0 Å². The van der Waals surface area contributed by atoms with Gasteiger partial charge in [0.25, 0.3) is 0 Å². The summed E-state index contributed by atoms with van der Waals surface area (Å²) in [5.41, 5.74) is 3.32. The van der Waals surface area contributed by atoms with Crippen LogP contribution in [0.5, 0.6) is 0 Å². The SMILES string of the molecule is Cc1cccc(N(N=O)C2(c3nnnn3-c3ccccc3C)CCC(C(C)(C)C)CC2)c1. The Bertz CT molecular complexity index is 1090. The zero-order chi connectivity index (χ0) is 22.9. The smallest absolute Gasteiger partial charge is 0.184 e. The first-order valence-corrected chi connectivity index (χ1v) is 11.3. The van der Waals surface area contributed by atoms with E-state index in [9.17, 15) is 4.91 Å². The molecule has 1 aliphatic rings. The molecule has 4 rings (SSSR count). The summed E-state index contributed by atoms with van der Waals surface area (Å²) in [4.78, 5) is 12.4. The molecule has 1 heterocycles. The highest BCUT2D eigenvalue weighted by Crippen LogP contribution is 2.49. The molecular weight excluding hydrogens is 400 g/mol. The van der Waals surface area contributed by atoms with Crippen molar-refractivity contribution in [3.63, 3.8) is 0 Å². The predicted molar refractivity (Wildman–Crippen MR) is 126 cm³/mol. The molecule has 0 bridgehead atoms. The van der Waals surface area contributed by atoms with E-state index in [0.717, 1.165) is 48.2 Å². The molecule has 0 unspecified atom stereocenters. The van der Waals surface area contributed by atoms with E-state index in [-0.39, 0.29) is 5.41 Å². The van der Waals surface area contributed by atoms with Crippen LogP contribution in [-0.2, 0) is 5.54 Å². The van der Waals surface area contributed by atoms with E-state index in [1.165, 1.54) is 0 Å². The Morgan fingerprint density at radius 3 is 2.41 bits per heavy atom. The Morgan fingerprint density at radius 2 is 1.78 bits per heavy atom. The molecule has 0 spiro atoms. The third-order valence-corrected chi connectivity index (χ3v) is 7.00. The molecule has 0 radical (unpaired) electrons. The van der Waals surface area contributed by atoms with E-state index in [0.29, 0.717) is 11.7 Å². The second-order valence-corrected chi connectivity index (χ2v) is 10.1. The molecule has 3 aromatic rings. The number of rotatable bonds is 5. The number of nitrogens with zero attached hydrogens (tertiary/aromatic N) is 6. The minimum atomic E-state index is -0.719. The van der Waals surface area contributed by atoms with Crippen LogP contribution in [-0.4, -0.2) is 20.2 Å². The van der Waals surface area contributed by atoms with Gasteiger partial charge in [0.1, 0.15) is 5.54 Å². The largest absolute Gasteiger partial charge is 0.215 e. The van der Waals surface area contributed by atoms with Gasteiger partial charge in [-0.25, -0.2) is 5.01 Å². The quantitative estimate of drug-likeness (QED) is 0.371. The van der Waals surface area contributed by atoms with Gasteiger partial charge in [-0.2, -0.15) is 4.68 Å². The van der Waals surface area contributed by atoms with Gasteiger partial charge in [-0.05, 0) is 90.6 Å². The number of hydrogen-bond donors (Lipinski definition) is 0. The van der Waals surface area contributed by atoms with Gasteiger partial charge < -0.3 is 0 Å². The molecule has 1 aromatic heterocycles. The topological polar surface area (TPSA) is 76.3 Å². The molecule has 32 heavy (non-hydrogen) atoms. The molecule has 0 amide bonds. The highest BCUT2D eigenvalue weighted by molar-refractivity contribution is 5.52. The number of aromatic nitrogens is 4. The van der Waals surface area contributed by atoms with Gasteiger partial charge in [0.15, 0.2) is 5.82 Å². The maximum atomic E-state index is 12.4. The van der Waals surface area contributed by atoms with Crippen LogP contribution in [0.15, 0.2) is 53.8 Å². The number of aryl methyl sites for hydroxylation is 2. The molecule has 0 saturated heterocycles. The molecule has 0 N–H and O–H groups in total. The lowest BCUT2D eigenvalue weighted by Gasteiger charge is -2.46. The molecule has 1 saturated carbocycles. The second kappa shape index (κ2) is 8.45. The third kappa shape index (κ3) is 3.92. The first-order valence-electron chi connectivity index (χ1n) is 11.3. The average molecular weight is 433 g/mol. The van der Waals surface area contributed by atoms with E-state index in [1.54, 1.807) is 9.69 Å². The summed E-state index contributed by atoms with van der Waals surface area (Å²) in [6, 6.07) is 15.9. The standard InChI is InChI=1S/C25H32N6O/c1-18-9-8-11-21(17-18)31(29-32)25(15-13-20(14-16-25)24(3,4)5)23-26-27-28-30(23)22-12-7-6-10-19(22)2/h6-12,17,20H,13-16H2,1-5H3. The van der Waals surface area contributed by atoms with Crippen LogP contribution < -0.4 is 5.01 Å². The van der Waals surface area contributed by atoms with E-state index in [1.807, 2.05) is 62.4 Å². The van der Waals surface area contributed by atoms with Crippen molar-refractivity contribution in [3.05, 3.63) is 70.4 Å². The van der Waals surface area contributed by atoms with E-state index >= 15 is 0 Å². The van der Waals surface area contributed by atoms with E-state index in [2.05, 4.69) is 41.6 Å². The Morgan fingerprint density at radius 1 is 1.06 bits per heavy atom. The highest BCUT2D eigenvalue weighted by atomic mass is 16.3. The molecule has 2 aromatic carbocycles. The van der Waals surface area contributed by atoms with Crippen molar-refractivity contribution >= 4 is 5.69 Å². The minimum absolute atomic E-state index is 0.205. The molecule has 1 aliphatic carbocycles. The van der Waals surface area contributed by atoms with Crippen LogP contribution in [0.3, 0.4) is 0 Å². The first kappa shape index (κ1) is 22.1. The lowest BCUT2D eigenvalue weighted by Crippen LogP contribution is -2.49. The summed E-state index contributed by atoms with van der Waals surface area (Å²) in [6.45, 7) is 10.9. The van der Waals surface area contributed by atoms with Crippen LogP contribution in [0.2, 0.25) is 0 Å². The summed E-state index contributed by atoms with van der Waals surface area (Å²) in [5, 5.41) is 18.1. The lowest BCUT2D eigenvalue weighted by atomic mass is 9.66. The first-order chi connectivity index (χ1) is 15.3. The zero-order valence-corrected chi connectivity index (χ0v) is 19.6. The minimum Gasteiger partial charge on any atom is -0.215 e. The molecule has 7 nitrogen and oxygen atoms in total. The number of anilines is 1. The fraction of sp³-hybridized carbons (Fsp3) is 0.480. The third-order valence-electron chi connectivity index (χ3n) is 7.00. The van der Waals surface area contributed by atoms with Gasteiger partial charge in [0.05, 0.1) is 16.7 Å². The van der Waals surface area contributed by atoms with Crippen LogP contribution in [0.25, 0.3) is 5.69 Å². The second-order valence-electron chi connectivity index (χ2n) is 10.1. The van der Waals surface area contributed by atoms with Crippen molar-refractivity contribution in [1.29, 1.82) is 0 Å². The predicted octanol–water partition coefficient (Wildman–Crippen LogP) is 5.90. The number of hydrogen-bond acceptors (Lipinski definition) is 5. The Labute approximate surface area is 189 Å². The Kier molecular flexibility index (Phi) is 5.84. The van der Waals surface area contributed by atoms with E-state index < -0.39 is 5.54 Å². The maximum Gasteiger partial charge on any atom is 0.184 e. The van der Waals surface area contributed by atoms with Gasteiger partial charge in [0.2, 0.25) is 0 Å². The summed E-state index contributed by atoms with van der Waals surface area (Å²) in [6.07, 6.45) is 3.45. The zero-order valence-electron chi connectivity index (χ0n) is 19.6. The van der Waals surface area contributed by atoms with Gasteiger partial charge in [-0.1, -0.05) is 51.1 Å². The summed E-state index contributed by atoms with van der Waals surface area (Å²) < 4.78 is 1.79. The fourth-order valence-corrected chi connectivity index (χ4v) is 5.06. The molecule has 0 aliphatic heterocycles. The molecular formula is C25H32N6O. The average Bonchev–Trinajstić information content (AvgIpc) is 3.24. The van der Waals surface area contributed by atoms with Crippen molar-refractivity contribution in [2.75, 3.05) is 5.01 Å². The number of tetrazole rings is 1. The normalized spacial score (nSPS) is 21.3. The highest BCUT2D eigenvalue weighted by Gasteiger charge is 2.49. The molecule has 168 valence electrons. The molecule has 7 heteroatoms. The number of benzene rings is 2. The van der Waals surface area contributed by atoms with Crippen molar-refractivity contribution in [2.45, 2.75) is 65.8 Å². The summed E-state index contributed by atoms with van der Waals surface area (Å²) >= 11 is 0. The van der Waals surface area contributed by atoms with Crippen molar-refractivity contribution in [3.8, 4) is 5.69 Å². The van der Waals surface area contributed by atoms with Crippen LogP contribution in [0, 0.1) is 30.1 Å². The van der Waals surface area contributed by atoms with Crippen molar-refractivity contribution < 1.29 is 0 Å². The van der Waals surface area contributed by atoms with Crippen molar-refractivity contribution in [1.82, 2.24) is 20.2 Å². The Balaban J connectivity index is 1.86. The van der Waals surface area contributed by atoms with Gasteiger partial charge >= 0.3 is 0 Å². The summed E-state index contributed by atoms with van der Waals surface area (Å²) in [7, 11) is 0. The fourth-order valence-electron chi connectivity index (χ4n) is 5.06. The van der Waals surface area contributed by atoms with Gasteiger partial charge in [-0.15, -0.1) is 10.0 Å². The van der Waals surface area contributed by atoms with Crippen LogP contribution in [0.1, 0.15) is 63.4 Å². The summed E-state index contributed by atoms with van der Waals surface area (Å²) in [5.74, 6) is 1.23. The van der Waals surface area contributed by atoms with Gasteiger partial charge in [0, 0.05) is 0 Å². The van der Waals surface area contributed by atoms with E-state index in [4.69, 9.17) is 0 Å². The van der Waals surface area contributed by atoms with Crippen LogP contribution in [0.4, 0.5) is 5.69 Å². The molecule has 1 fully saturated rings. The maximum absolute atomic E-state index is 12.4. The number of nitroso groups, excluding NO2 is 1.